The minimum Gasteiger partial charge on any atom is -0.487 e. The molecule has 1 N–H and O–H groups in total. The van der Waals surface area contributed by atoms with Gasteiger partial charge in [-0.25, -0.2) is 23.1 Å². The number of halogens is 3. The molecule has 0 radical (unpaired) electrons. The lowest BCUT2D eigenvalue weighted by atomic mass is 9.91. The summed E-state index contributed by atoms with van der Waals surface area (Å²) in [5, 5.41) is 3.36. The number of hydrogen-bond donors (Lipinski definition) is 1. The number of nitrogens with one attached hydrogen (secondary N) is 1. The molecule has 32 heavy (non-hydrogen) atoms. The van der Waals surface area contributed by atoms with E-state index in [1.165, 1.54) is 12.1 Å². The zero-order valence-electron chi connectivity index (χ0n) is 17.7. The summed E-state index contributed by atoms with van der Waals surface area (Å²) in [6.07, 6.45) is 2.99. The first-order valence-electron chi connectivity index (χ1n) is 10.9. The molecule has 168 valence electrons. The Hall–Kier alpha value is -3.10. The van der Waals surface area contributed by atoms with Gasteiger partial charge in [-0.2, -0.15) is 0 Å². The van der Waals surface area contributed by atoms with Crippen molar-refractivity contribution in [2.45, 2.75) is 50.9 Å². The molecule has 1 aliphatic carbocycles. The maximum absolute atomic E-state index is 13.9. The Morgan fingerprint density at radius 2 is 1.84 bits per heavy atom. The first-order valence-corrected chi connectivity index (χ1v) is 10.9. The van der Waals surface area contributed by atoms with Crippen LogP contribution < -0.4 is 15.0 Å². The van der Waals surface area contributed by atoms with Gasteiger partial charge in [0.15, 0.2) is 23.2 Å². The van der Waals surface area contributed by atoms with Crippen molar-refractivity contribution in [3.05, 3.63) is 47.8 Å². The molecule has 3 aromatic rings. The summed E-state index contributed by atoms with van der Waals surface area (Å²) in [7, 11) is 0. The Balaban J connectivity index is 1.34. The Bertz CT molecular complexity index is 1130. The third kappa shape index (κ3) is 4.28. The van der Waals surface area contributed by atoms with Crippen LogP contribution in [0.25, 0.3) is 11.0 Å². The first-order chi connectivity index (χ1) is 15.4. The highest BCUT2D eigenvalue weighted by atomic mass is 19.1. The molecule has 2 aliphatic rings. The van der Waals surface area contributed by atoms with Crippen molar-refractivity contribution in [2.75, 3.05) is 23.3 Å². The number of aromatic nitrogens is 3. The zero-order valence-corrected chi connectivity index (χ0v) is 17.7. The zero-order chi connectivity index (χ0) is 22.2. The summed E-state index contributed by atoms with van der Waals surface area (Å²) in [4.78, 5) is 16.0. The number of hydrogen-bond acceptors (Lipinski definition) is 6. The van der Waals surface area contributed by atoms with E-state index in [1.807, 2.05) is 13.0 Å². The second-order valence-corrected chi connectivity index (χ2v) is 8.50. The SMILES string of the molecule is Cc1cc2nc(NC3CC(F)C3)c(N3CCC(Oc4ccc(F)cc4F)CC3)nc2cn1. The average Bonchev–Trinajstić information content (AvgIpc) is 2.75. The molecule has 0 spiro atoms. The highest BCUT2D eigenvalue weighted by Gasteiger charge is 2.31. The summed E-state index contributed by atoms with van der Waals surface area (Å²) >= 11 is 0. The molecule has 1 saturated carbocycles. The molecule has 0 unspecified atom stereocenters. The Morgan fingerprint density at radius 3 is 2.56 bits per heavy atom. The third-order valence-corrected chi connectivity index (χ3v) is 6.02. The second kappa shape index (κ2) is 8.44. The number of aryl methyl sites for hydroxylation is 1. The van der Waals surface area contributed by atoms with Gasteiger partial charge in [-0.05, 0) is 38.0 Å². The van der Waals surface area contributed by atoms with E-state index in [0.717, 1.165) is 17.3 Å². The third-order valence-electron chi connectivity index (χ3n) is 6.02. The number of alkyl halides is 1. The van der Waals surface area contributed by atoms with Gasteiger partial charge in [-0.3, -0.25) is 4.98 Å². The van der Waals surface area contributed by atoms with Crippen LogP contribution in [-0.4, -0.2) is 46.4 Å². The largest absolute Gasteiger partial charge is 0.487 e. The maximum atomic E-state index is 13.9. The normalized spacial score (nSPS) is 21.4. The van der Waals surface area contributed by atoms with Gasteiger partial charge in [0.1, 0.15) is 23.6 Å². The molecule has 9 heteroatoms. The molecular formula is C23H24F3N5O. The van der Waals surface area contributed by atoms with E-state index in [-0.39, 0.29) is 17.9 Å². The van der Waals surface area contributed by atoms with Crippen LogP contribution in [0.4, 0.5) is 24.8 Å². The van der Waals surface area contributed by atoms with Crippen LogP contribution in [0.5, 0.6) is 5.75 Å². The predicted molar refractivity (Wildman–Crippen MR) is 116 cm³/mol. The van der Waals surface area contributed by atoms with E-state index in [4.69, 9.17) is 14.7 Å². The first kappa shape index (κ1) is 20.8. The van der Waals surface area contributed by atoms with E-state index in [1.54, 1.807) is 6.20 Å². The van der Waals surface area contributed by atoms with E-state index in [2.05, 4.69) is 15.2 Å². The van der Waals surface area contributed by atoms with Crippen molar-refractivity contribution < 1.29 is 17.9 Å². The minimum atomic E-state index is -0.768. The molecule has 1 aliphatic heterocycles. The minimum absolute atomic E-state index is 0.0424. The number of rotatable bonds is 5. The molecule has 0 amide bonds. The van der Waals surface area contributed by atoms with Crippen molar-refractivity contribution in [2.24, 2.45) is 0 Å². The molecule has 2 aromatic heterocycles. The Kier molecular flexibility index (Phi) is 5.48. The molecule has 2 fully saturated rings. The van der Waals surface area contributed by atoms with Crippen molar-refractivity contribution in [1.29, 1.82) is 0 Å². The topological polar surface area (TPSA) is 63.2 Å². The van der Waals surface area contributed by atoms with Crippen molar-refractivity contribution in [3.8, 4) is 5.75 Å². The van der Waals surface area contributed by atoms with Crippen LogP contribution in [0, 0.1) is 18.6 Å². The standard InChI is InChI=1S/C23H24F3N5O/c1-13-8-19-20(12-27-13)30-23(22(29-19)28-16-9-15(25)10-16)31-6-4-17(5-7-31)32-21-3-2-14(24)11-18(21)26/h2-3,8,11-12,15-17H,4-7,9-10H2,1H3,(H,28,29). The summed E-state index contributed by atoms with van der Waals surface area (Å²) in [6.45, 7) is 3.17. The molecular weight excluding hydrogens is 419 g/mol. The van der Waals surface area contributed by atoms with Crippen LogP contribution in [0.3, 0.4) is 0 Å². The quantitative estimate of drug-likeness (QED) is 0.623. The van der Waals surface area contributed by atoms with Crippen LogP contribution in [0.15, 0.2) is 30.5 Å². The predicted octanol–water partition coefficient (Wildman–Crippen LogP) is 4.57. The monoisotopic (exact) mass is 443 g/mol. The Labute approximate surface area is 183 Å². The van der Waals surface area contributed by atoms with Crippen LogP contribution in [-0.2, 0) is 0 Å². The van der Waals surface area contributed by atoms with Crippen molar-refractivity contribution in [3.63, 3.8) is 0 Å². The van der Waals surface area contributed by atoms with Crippen molar-refractivity contribution in [1.82, 2.24) is 15.0 Å². The lowest BCUT2D eigenvalue weighted by molar-refractivity contribution is 0.163. The molecule has 1 aromatic carbocycles. The number of nitrogens with zero attached hydrogens (tertiary/aromatic N) is 4. The van der Waals surface area contributed by atoms with Gasteiger partial charge in [0.25, 0.3) is 0 Å². The van der Waals surface area contributed by atoms with Gasteiger partial charge < -0.3 is 15.0 Å². The Morgan fingerprint density at radius 1 is 1.06 bits per heavy atom. The van der Waals surface area contributed by atoms with Crippen LogP contribution in [0.1, 0.15) is 31.4 Å². The highest BCUT2D eigenvalue weighted by Crippen LogP contribution is 2.33. The fraction of sp³-hybridized carbons (Fsp3) is 0.435. The van der Waals surface area contributed by atoms with Gasteiger partial charge in [0.2, 0.25) is 0 Å². The number of anilines is 2. The van der Waals surface area contributed by atoms with Gasteiger partial charge >= 0.3 is 0 Å². The fourth-order valence-corrected chi connectivity index (χ4v) is 4.16. The summed E-state index contributed by atoms with van der Waals surface area (Å²) < 4.78 is 46.2. The summed E-state index contributed by atoms with van der Waals surface area (Å²) in [5.74, 6) is 0.0781. The number of benzene rings is 1. The van der Waals surface area contributed by atoms with Crippen LogP contribution >= 0.6 is 0 Å². The molecule has 0 atom stereocenters. The number of piperidine rings is 1. The van der Waals surface area contributed by atoms with Gasteiger partial charge in [0, 0.05) is 43.7 Å². The smallest absolute Gasteiger partial charge is 0.172 e. The second-order valence-electron chi connectivity index (χ2n) is 8.50. The highest BCUT2D eigenvalue weighted by molar-refractivity contribution is 5.80. The number of ether oxygens (including phenoxy) is 1. The summed E-state index contributed by atoms with van der Waals surface area (Å²) in [6, 6.07) is 5.26. The summed E-state index contributed by atoms with van der Waals surface area (Å²) in [5.41, 5.74) is 2.29. The lowest BCUT2D eigenvalue weighted by Gasteiger charge is -2.35. The van der Waals surface area contributed by atoms with Gasteiger partial charge in [0.05, 0.1) is 11.7 Å². The van der Waals surface area contributed by atoms with Gasteiger partial charge in [-0.15, -0.1) is 0 Å². The van der Waals surface area contributed by atoms with E-state index in [9.17, 15) is 13.2 Å². The lowest BCUT2D eigenvalue weighted by Crippen LogP contribution is -2.41. The van der Waals surface area contributed by atoms with Crippen LogP contribution in [0.2, 0.25) is 0 Å². The van der Waals surface area contributed by atoms with Crippen molar-refractivity contribution >= 4 is 22.7 Å². The molecule has 5 rings (SSSR count). The fourth-order valence-electron chi connectivity index (χ4n) is 4.16. The van der Waals surface area contributed by atoms with Gasteiger partial charge in [-0.1, -0.05) is 0 Å². The average molecular weight is 443 g/mol. The molecule has 3 heterocycles. The number of fused-ring (bicyclic) bond motifs is 1. The van der Waals surface area contributed by atoms with E-state index < -0.39 is 17.8 Å². The van der Waals surface area contributed by atoms with E-state index >= 15 is 0 Å². The molecule has 1 saturated heterocycles. The van der Waals surface area contributed by atoms with E-state index in [0.29, 0.717) is 55.9 Å². The maximum Gasteiger partial charge on any atom is 0.172 e. The molecule has 6 nitrogen and oxygen atoms in total. The number of pyridine rings is 1. The molecule has 0 bridgehead atoms.